The molecular weight excluding hydrogens is 378 g/mol. The summed E-state index contributed by atoms with van der Waals surface area (Å²) in [5.41, 5.74) is 1.83. The lowest BCUT2D eigenvalue weighted by Gasteiger charge is -2.43. The van der Waals surface area contributed by atoms with Crippen LogP contribution in [0.2, 0.25) is 0 Å². The number of carboxylic acids is 3. The van der Waals surface area contributed by atoms with Gasteiger partial charge >= 0.3 is 17.9 Å². The van der Waals surface area contributed by atoms with E-state index in [-0.39, 0.29) is 18.6 Å². The van der Waals surface area contributed by atoms with E-state index in [0.717, 1.165) is 30.5 Å². The molecule has 0 aromatic carbocycles. The number of rotatable bonds is 11. The second-order valence-corrected chi connectivity index (χ2v) is 7.37. The highest BCUT2D eigenvalue weighted by atomic mass is 16.4. The Bertz CT molecular complexity index is 710. The Morgan fingerprint density at radius 3 is 2.00 bits per heavy atom. The summed E-state index contributed by atoms with van der Waals surface area (Å²) in [6, 6.07) is 3.20. The normalized spacial score (nSPS) is 19.4. The van der Waals surface area contributed by atoms with Crippen LogP contribution >= 0.6 is 0 Å². The van der Waals surface area contributed by atoms with Gasteiger partial charge in [-0.1, -0.05) is 25.8 Å². The molecule has 1 aromatic rings. The molecule has 0 radical (unpaired) electrons. The van der Waals surface area contributed by atoms with Crippen LogP contribution < -0.4 is 0 Å². The molecule has 9 heteroatoms. The van der Waals surface area contributed by atoms with E-state index in [2.05, 4.69) is 4.98 Å². The molecule has 3 N–H and O–H groups in total. The van der Waals surface area contributed by atoms with Crippen LogP contribution in [0.4, 0.5) is 0 Å². The first-order valence-electron chi connectivity index (χ1n) is 9.88. The Kier molecular flexibility index (Phi) is 8.53. The van der Waals surface area contributed by atoms with Crippen molar-refractivity contribution >= 4 is 17.9 Å². The van der Waals surface area contributed by atoms with Crippen LogP contribution in [0.5, 0.6) is 0 Å². The largest absolute Gasteiger partial charge is 0.480 e. The van der Waals surface area contributed by atoms with Crippen molar-refractivity contribution in [1.82, 2.24) is 14.8 Å². The van der Waals surface area contributed by atoms with Gasteiger partial charge < -0.3 is 15.3 Å². The molecule has 29 heavy (non-hydrogen) atoms. The van der Waals surface area contributed by atoms with Crippen LogP contribution in [0.15, 0.2) is 18.3 Å². The SMILES string of the molecule is CCc1cccnc1CN(CC(=O)O)[C@H]1CCCCC1N(CC(=O)O)CC(=O)O. The van der Waals surface area contributed by atoms with Gasteiger partial charge in [-0.05, 0) is 30.9 Å². The van der Waals surface area contributed by atoms with Crippen molar-refractivity contribution in [2.75, 3.05) is 19.6 Å². The topological polar surface area (TPSA) is 131 Å². The zero-order valence-corrected chi connectivity index (χ0v) is 16.7. The maximum Gasteiger partial charge on any atom is 0.317 e. The second kappa shape index (κ2) is 10.9. The predicted octanol–water partition coefficient (Wildman–Crippen LogP) is 1.31. The summed E-state index contributed by atoms with van der Waals surface area (Å²) in [5, 5.41) is 28.0. The summed E-state index contributed by atoms with van der Waals surface area (Å²) >= 11 is 0. The molecule has 0 bridgehead atoms. The average Bonchev–Trinajstić information content (AvgIpc) is 2.66. The van der Waals surface area contributed by atoms with Crippen LogP contribution in [0.1, 0.15) is 43.9 Å². The molecule has 0 spiro atoms. The summed E-state index contributed by atoms with van der Waals surface area (Å²) in [7, 11) is 0. The lowest BCUT2D eigenvalue weighted by molar-refractivity contribution is -0.146. The Balaban J connectivity index is 2.33. The first-order valence-corrected chi connectivity index (χ1v) is 9.88. The lowest BCUT2D eigenvalue weighted by atomic mass is 9.87. The van der Waals surface area contributed by atoms with Crippen molar-refractivity contribution in [3.63, 3.8) is 0 Å². The maximum absolute atomic E-state index is 11.6. The first kappa shape index (κ1) is 22.8. The predicted molar refractivity (Wildman–Crippen MR) is 105 cm³/mol. The van der Waals surface area contributed by atoms with Crippen molar-refractivity contribution in [2.45, 2.75) is 57.7 Å². The molecule has 9 nitrogen and oxygen atoms in total. The summed E-state index contributed by atoms with van der Waals surface area (Å²) in [4.78, 5) is 41.9. The third kappa shape index (κ3) is 6.79. The molecule has 1 fully saturated rings. The Labute approximate surface area is 170 Å². The highest BCUT2D eigenvalue weighted by Gasteiger charge is 2.36. The zero-order chi connectivity index (χ0) is 21.4. The summed E-state index contributed by atoms with van der Waals surface area (Å²) in [6.07, 6.45) is 5.48. The number of aryl methyl sites for hydroxylation is 1. The number of aromatic nitrogens is 1. The third-order valence-corrected chi connectivity index (χ3v) is 5.37. The third-order valence-electron chi connectivity index (χ3n) is 5.37. The average molecular weight is 407 g/mol. The molecule has 160 valence electrons. The molecule has 0 saturated heterocycles. The molecule has 1 heterocycles. The van der Waals surface area contributed by atoms with Gasteiger partial charge in [0.15, 0.2) is 0 Å². The minimum Gasteiger partial charge on any atom is -0.480 e. The molecule has 1 unspecified atom stereocenters. The Morgan fingerprint density at radius 2 is 1.48 bits per heavy atom. The standard InChI is InChI=1S/C20H29N3O6/c1-2-14-6-5-9-21-15(14)10-22(11-18(24)25)16-7-3-4-8-17(16)23(12-19(26)27)13-20(28)29/h5-6,9,16-17H,2-4,7-8,10-13H2,1H3,(H,24,25)(H,26,27)(H,28,29)/t16-,17?/m0/s1. The first-order chi connectivity index (χ1) is 13.8. The molecular formula is C20H29N3O6. The molecule has 1 aromatic heterocycles. The monoisotopic (exact) mass is 407 g/mol. The molecule has 0 amide bonds. The van der Waals surface area contributed by atoms with Crippen molar-refractivity contribution in [3.05, 3.63) is 29.6 Å². The van der Waals surface area contributed by atoms with E-state index in [4.69, 9.17) is 0 Å². The van der Waals surface area contributed by atoms with E-state index in [1.807, 2.05) is 24.0 Å². The van der Waals surface area contributed by atoms with Crippen LogP contribution in [-0.4, -0.2) is 79.7 Å². The van der Waals surface area contributed by atoms with Gasteiger partial charge in [0, 0.05) is 24.8 Å². The van der Waals surface area contributed by atoms with Gasteiger partial charge in [-0.2, -0.15) is 0 Å². The molecule has 2 atom stereocenters. The van der Waals surface area contributed by atoms with E-state index in [1.165, 1.54) is 4.90 Å². The summed E-state index contributed by atoms with van der Waals surface area (Å²) in [5.74, 6) is -3.18. The van der Waals surface area contributed by atoms with Gasteiger partial charge in [-0.25, -0.2) is 0 Å². The smallest absolute Gasteiger partial charge is 0.317 e. The highest BCUT2D eigenvalue weighted by Crippen LogP contribution is 2.28. The maximum atomic E-state index is 11.6. The van der Waals surface area contributed by atoms with E-state index < -0.39 is 31.0 Å². The number of aliphatic carboxylic acids is 3. The van der Waals surface area contributed by atoms with E-state index in [1.54, 1.807) is 6.20 Å². The van der Waals surface area contributed by atoms with E-state index in [0.29, 0.717) is 19.4 Å². The molecule has 0 aliphatic heterocycles. The quantitative estimate of drug-likeness (QED) is 0.497. The molecule has 1 aliphatic carbocycles. The minimum absolute atomic E-state index is 0.213. The number of carbonyl (C=O) groups is 3. The summed E-state index contributed by atoms with van der Waals surface area (Å²) in [6.45, 7) is 1.34. The van der Waals surface area contributed by atoms with Gasteiger partial charge in [0.25, 0.3) is 0 Å². The lowest BCUT2D eigenvalue weighted by Crippen LogP contribution is -2.56. The number of carboxylic acid groups (broad SMARTS) is 3. The van der Waals surface area contributed by atoms with Crippen molar-refractivity contribution in [1.29, 1.82) is 0 Å². The number of pyridine rings is 1. The number of hydrogen-bond acceptors (Lipinski definition) is 6. The highest BCUT2D eigenvalue weighted by molar-refractivity contribution is 5.72. The van der Waals surface area contributed by atoms with E-state index in [9.17, 15) is 29.7 Å². The van der Waals surface area contributed by atoms with Gasteiger partial charge in [-0.15, -0.1) is 0 Å². The number of nitrogens with zero attached hydrogens (tertiary/aromatic N) is 3. The van der Waals surface area contributed by atoms with Crippen LogP contribution in [0.3, 0.4) is 0 Å². The van der Waals surface area contributed by atoms with Crippen molar-refractivity contribution in [3.8, 4) is 0 Å². The van der Waals surface area contributed by atoms with Gasteiger partial charge in [0.05, 0.1) is 25.3 Å². The van der Waals surface area contributed by atoms with Crippen LogP contribution in [0, 0.1) is 0 Å². The fourth-order valence-corrected chi connectivity index (χ4v) is 4.17. The minimum atomic E-state index is -1.10. The van der Waals surface area contributed by atoms with Crippen LogP contribution in [0.25, 0.3) is 0 Å². The molecule has 1 aliphatic rings. The Hall–Kier alpha value is -2.52. The fourth-order valence-electron chi connectivity index (χ4n) is 4.17. The zero-order valence-electron chi connectivity index (χ0n) is 16.7. The van der Waals surface area contributed by atoms with Crippen molar-refractivity contribution in [2.24, 2.45) is 0 Å². The Morgan fingerprint density at radius 1 is 0.966 bits per heavy atom. The van der Waals surface area contributed by atoms with Gasteiger partial charge in [0.2, 0.25) is 0 Å². The van der Waals surface area contributed by atoms with Gasteiger partial charge in [-0.3, -0.25) is 29.2 Å². The number of hydrogen-bond donors (Lipinski definition) is 3. The van der Waals surface area contributed by atoms with E-state index >= 15 is 0 Å². The van der Waals surface area contributed by atoms with Crippen molar-refractivity contribution < 1.29 is 29.7 Å². The van der Waals surface area contributed by atoms with Crippen LogP contribution in [-0.2, 0) is 27.3 Å². The fraction of sp³-hybridized carbons (Fsp3) is 0.600. The van der Waals surface area contributed by atoms with Gasteiger partial charge in [0.1, 0.15) is 0 Å². The molecule has 1 saturated carbocycles. The summed E-state index contributed by atoms with van der Waals surface area (Å²) < 4.78 is 0. The second-order valence-electron chi connectivity index (χ2n) is 7.37. The molecule has 2 rings (SSSR count).